The van der Waals surface area contributed by atoms with E-state index in [4.69, 9.17) is 4.42 Å². The van der Waals surface area contributed by atoms with E-state index in [1.807, 2.05) is 24.3 Å². The maximum Gasteiger partial charge on any atom is 0.0981 e. The molecule has 2 heterocycles. The second kappa shape index (κ2) is 4.26. The van der Waals surface area contributed by atoms with Crippen LogP contribution in [0.25, 0.3) is 22.9 Å². The van der Waals surface area contributed by atoms with Crippen molar-refractivity contribution in [2.75, 3.05) is 0 Å². The molecule has 2 heteroatoms. The molecule has 0 N–H and O–H groups in total. The SMILES string of the molecule is C(=Cc1ccccn1)c1ccc2cocc2c1. The van der Waals surface area contributed by atoms with Crippen LogP contribution in [0.1, 0.15) is 11.3 Å². The molecule has 17 heavy (non-hydrogen) atoms. The quantitative estimate of drug-likeness (QED) is 0.653. The van der Waals surface area contributed by atoms with Crippen LogP contribution < -0.4 is 0 Å². The average Bonchev–Trinajstić information content (AvgIpc) is 2.85. The Morgan fingerprint density at radius 1 is 0.941 bits per heavy atom. The molecule has 0 atom stereocenters. The van der Waals surface area contributed by atoms with Gasteiger partial charge in [0.25, 0.3) is 0 Å². The third-order valence-electron chi connectivity index (χ3n) is 2.64. The van der Waals surface area contributed by atoms with Gasteiger partial charge in [0.15, 0.2) is 0 Å². The fraction of sp³-hybridized carbons (Fsp3) is 0. The highest BCUT2D eigenvalue weighted by Crippen LogP contribution is 2.18. The predicted octanol–water partition coefficient (Wildman–Crippen LogP) is 4.00. The van der Waals surface area contributed by atoms with Gasteiger partial charge in [-0.2, -0.15) is 0 Å². The summed E-state index contributed by atoms with van der Waals surface area (Å²) in [5.74, 6) is 0. The minimum atomic E-state index is 0.958. The standard InChI is InChI=1S/C15H11NO/c1-2-8-16-15(3-1)7-5-12-4-6-13-10-17-11-14(13)9-12/h1-11H. The van der Waals surface area contributed by atoms with Gasteiger partial charge in [0.05, 0.1) is 18.2 Å². The second-order valence-corrected chi connectivity index (χ2v) is 3.85. The first-order valence-corrected chi connectivity index (χ1v) is 5.47. The number of pyridine rings is 1. The number of fused-ring (bicyclic) bond motifs is 1. The second-order valence-electron chi connectivity index (χ2n) is 3.85. The van der Waals surface area contributed by atoms with Crippen LogP contribution in [0.4, 0.5) is 0 Å². The normalized spacial score (nSPS) is 11.3. The highest BCUT2D eigenvalue weighted by Gasteiger charge is 1.95. The first-order chi connectivity index (χ1) is 8.42. The van der Waals surface area contributed by atoms with Crippen LogP contribution in [-0.4, -0.2) is 4.98 Å². The third-order valence-corrected chi connectivity index (χ3v) is 2.64. The summed E-state index contributed by atoms with van der Waals surface area (Å²) in [6, 6.07) is 12.1. The molecule has 2 aromatic heterocycles. The summed E-state index contributed by atoms with van der Waals surface area (Å²) in [7, 11) is 0. The van der Waals surface area contributed by atoms with Crippen molar-refractivity contribution in [1.29, 1.82) is 0 Å². The topological polar surface area (TPSA) is 26.0 Å². The van der Waals surface area contributed by atoms with Crippen molar-refractivity contribution >= 4 is 22.9 Å². The van der Waals surface area contributed by atoms with Gasteiger partial charge >= 0.3 is 0 Å². The molecule has 0 aliphatic rings. The molecule has 0 fully saturated rings. The molecule has 2 nitrogen and oxygen atoms in total. The number of rotatable bonds is 2. The van der Waals surface area contributed by atoms with Crippen LogP contribution in [0.5, 0.6) is 0 Å². The molecule has 82 valence electrons. The smallest absolute Gasteiger partial charge is 0.0981 e. The van der Waals surface area contributed by atoms with Crippen molar-refractivity contribution in [2.45, 2.75) is 0 Å². The van der Waals surface area contributed by atoms with Gasteiger partial charge in [0.2, 0.25) is 0 Å². The van der Waals surface area contributed by atoms with E-state index in [1.54, 1.807) is 18.7 Å². The van der Waals surface area contributed by atoms with E-state index in [1.165, 1.54) is 0 Å². The van der Waals surface area contributed by atoms with Gasteiger partial charge in [-0.3, -0.25) is 4.98 Å². The van der Waals surface area contributed by atoms with Crippen LogP contribution in [0.2, 0.25) is 0 Å². The van der Waals surface area contributed by atoms with Gasteiger partial charge in [-0.15, -0.1) is 0 Å². The fourth-order valence-electron chi connectivity index (χ4n) is 1.74. The highest BCUT2D eigenvalue weighted by atomic mass is 16.3. The van der Waals surface area contributed by atoms with E-state index in [0.717, 1.165) is 22.0 Å². The van der Waals surface area contributed by atoms with E-state index >= 15 is 0 Å². The van der Waals surface area contributed by atoms with E-state index in [2.05, 4.69) is 29.3 Å². The average molecular weight is 221 g/mol. The first-order valence-electron chi connectivity index (χ1n) is 5.47. The predicted molar refractivity (Wildman–Crippen MR) is 69.4 cm³/mol. The summed E-state index contributed by atoms with van der Waals surface area (Å²) in [5, 5.41) is 2.24. The molecule has 1 aromatic carbocycles. The monoisotopic (exact) mass is 221 g/mol. The Balaban J connectivity index is 1.92. The molecule has 0 unspecified atom stereocenters. The van der Waals surface area contributed by atoms with Gasteiger partial charge in [0.1, 0.15) is 0 Å². The Morgan fingerprint density at radius 3 is 2.76 bits per heavy atom. The van der Waals surface area contributed by atoms with Crippen molar-refractivity contribution in [3.63, 3.8) is 0 Å². The number of benzene rings is 1. The van der Waals surface area contributed by atoms with Crippen molar-refractivity contribution in [2.24, 2.45) is 0 Å². The molecule has 0 saturated carbocycles. The lowest BCUT2D eigenvalue weighted by Crippen LogP contribution is -1.76. The summed E-state index contributed by atoms with van der Waals surface area (Å²) >= 11 is 0. The van der Waals surface area contributed by atoms with Gasteiger partial charge in [0, 0.05) is 17.0 Å². The van der Waals surface area contributed by atoms with Gasteiger partial charge in [-0.05, 0) is 29.8 Å². The Hall–Kier alpha value is -2.35. The molecule has 0 aliphatic carbocycles. The lowest BCUT2D eigenvalue weighted by Gasteiger charge is -1.94. The van der Waals surface area contributed by atoms with Crippen LogP contribution in [-0.2, 0) is 0 Å². The fourth-order valence-corrected chi connectivity index (χ4v) is 1.74. The van der Waals surface area contributed by atoms with Gasteiger partial charge in [-0.1, -0.05) is 24.3 Å². The van der Waals surface area contributed by atoms with Crippen molar-refractivity contribution in [3.05, 3.63) is 66.4 Å². The Kier molecular flexibility index (Phi) is 2.47. The molecule has 3 rings (SSSR count). The Bertz CT molecular complexity index is 653. The lowest BCUT2D eigenvalue weighted by molar-refractivity contribution is 0.572. The van der Waals surface area contributed by atoms with Crippen molar-refractivity contribution in [3.8, 4) is 0 Å². The molecule has 3 aromatic rings. The van der Waals surface area contributed by atoms with Crippen LogP contribution >= 0.6 is 0 Å². The third kappa shape index (κ3) is 2.11. The van der Waals surface area contributed by atoms with Gasteiger partial charge in [-0.25, -0.2) is 0 Å². The number of aromatic nitrogens is 1. The Labute approximate surface area is 99.2 Å². The van der Waals surface area contributed by atoms with E-state index in [0.29, 0.717) is 0 Å². The number of furan rings is 1. The zero-order valence-corrected chi connectivity index (χ0v) is 9.21. The lowest BCUT2D eigenvalue weighted by atomic mass is 10.1. The molecule has 0 aliphatic heterocycles. The molecule has 0 spiro atoms. The summed E-state index contributed by atoms with van der Waals surface area (Å²) in [5.41, 5.74) is 2.10. The first kappa shape index (κ1) is 9.85. The molecule has 0 radical (unpaired) electrons. The largest absolute Gasteiger partial charge is 0.471 e. The van der Waals surface area contributed by atoms with Crippen molar-refractivity contribution in [1.82, 2.24) is 4.98 Å². The zero-order valence-electron chi connectivity index (χ0n) is 9.21. The van der Waals surface area contributed by atoms with E-state index in [9.17, 15) is 0 Å². The summed E-state index contributed by atoms with van der Waals surface area (Å²) in [4.78, 5) is 4.24. The highest BCUT2D eigenvalue weighted by molar-refractivity contribution is 5.84. The maximum absolute atomic E-state index is 5.15. The maximum atomic E-state index is 5.15. The van der Waals surface area contributed by atoms with E-state index in [-0.39, 0.29) is 0 Å². The van der Waals surface area contributed by atoms with Crippen LogP contribution in [0.15, 0.2) is 59.5 Å². The number of nitrogens with zero attached hydrogens (tertiary/aromatic N) is 1. The molecule has 0 saturated heterocycles. The summed E-state index contributed by atoms with van der Waals surface area (Å²) < 4.78 is 5.15. The number of hydrogen-bond acceptors (Lipinski definition) is 2. The molecule has 0 amide bonds. The zero-order chi connectivity index (χ0) is 11.5. The van der Waals surface area contributed by atoms with Gasteiger partial charge < -0.3 is 4.42 Å². The molecular formula is C15H11NO. The summed E-state index contributed by atoms with van der Waals surface area (Å²) in [6.07, 6.45) is 9.35. The summed E-state index contributed by atoms with van der Waals surface area (Å²) in [6.45, 7) is 0. The minimum absolute atomic E-state index is 0.958. The van der Waals surface area contributed by atoms with Crippen LogP contribution in [0, 0.1) is 0 Å². The molecule has 0 bridgehead atoms. The Morgan fingerprint density at radius 2 is 1.88 bits per heavy atom. The minimum Gasteiger partial charge on any atom is -0.471 e. The molecular weight excluding hydrogens is 210 g/mol. The van der Waals surface area contributed by atoms with Crippen molar-refractivity contribution < 1.29 is 4.42 Å². The number of hydrogen-bond donors (Lipinski definition) is 0. The van der Waals surface area contributed by atoms with Crippen LogP contribution in [0.3, 0.4) is 0 Å². The van der Waals surface area contributed by atoms with E-state index < -0.39 is 0 Å².